The van der Waals surface area contributed by atoms with Gasteiger partial charge in [-0.15, -0.1) is 0 Å². The molecule has 0 radical (unpaired) electrons. The molecule has 2 N–H and O–H groups in total. The number of hydrogen-bond acceptors (Lipinski definition) is 7. The molecule has 0 spiro atoms. The molecule has 136 valence electrons. The van der Waals surface area contributed by atoms with E-state index in [4.69, 9.17) is 29.2 Å². The fourth-order valence-electron chi connectivity index (χ4n) is 1.08. The Kier molecular flexibility index (Phi) is 20.5. The first-order valence-corrected chi connectivity index (χ1v) is 7.56. The number of ether oxygens (including phenoxy) is 5. The van der Waals surface area contributed by atoms with Crippen LogP contribution < -0.4 is 0 Å². The monoisotopic (exact) mass is 326 g/mol. The highest BCUT2D eigenvalue weighted by Crippen LogP contribution is 1.98. The quantitative estimate of drug-likeness (QED) is 0.476. The predicted molar refractivity (Wildman–Crippen MR) is 84.2 cm³/mol. The lowest BCUT2D eigenvalue weighted by Gasteiger charge is -2.18. The summed E-state index contributed by atoms with van der Waals surface area (Å²) in [4.78, 5) is 0. The number of aliphatic hydroxyl groups excluding tert-OH is 2. The minimum Gasteiger partial charge on any atom is -0.394 e. The molecule has 22 heavy (non-hydrogen) atoms. The molecule has 0 fully saturated rings. The number of rotatable bonds is 13. The van der Waals surface area contributed by atoms with Crippen molar-refractivity contribution in [3.63, 3.8) is 0 Å². The molecule has 0 saturated carbocycles. The van der Waals surface area contributed by atoms with Gasteiger partial charge in [-0.25, -0.2) is 0 Å². The summed E-state index contributed by atoms with van der Waals surface area (Å²) in [6.45, 7) is 8.47. The summed E-state index contributed by atoms with van der Waals surface area (Å²) in [7, 11) is 3.27. The van der Waals surface area contributed by atoms with Gasteiger partial charge in [0.2, 0.25) is 0 Å². The highest BCUT2D eigenvalue weighted by atomic mass is 16.6. The Balaban J connectivity index is 0. The van der Waals surface area contributed by atoms with E-state index in [9.17, 15) is 0 Å². The van der Waals surface area contributed by atoms with Crippen LogP contribution in [0.5, 0.6) is 0 Å². The smallest absolute Gasteiger partial charge is 0.0781 e. The van der Waals surface area contributed by atoms with Crippen LogP contribution in [-0.4, -0.2) is 89.0 Å². The van der Waals surface area contributed by atoms with Gasteiger partial charge in [0.15, 0.2) is 0 Å². The molecule has 0 saturated heterocycles. The zero-order chi connectivity index (χ0) is 17.2. The normalized spacial score (nSPS) is 14.9. The van der Waals surface area contributed by atoms with Crippen LogP contribution in [0.15, 0.2) is 0 Å². The van der Waals surface area contributed by atoms with E-state index in [0.29, 0.717) is 33.0 Å². The lowest BCUT2D eigenvalue weighted by Crippen LogP contribution is -2.25. The topological polar surface area (TPSA) is 86.6 Å². The highest BCUT2D eigenvalue weighted by molar-refractivity contribution is 4.53. The van der Waals surface area contributed by atoms with Crippen LogP contribution in [0.3, 0.4) is 0 Å². The summed E-state index contributed by atoms with van der Waals surface area (Å²) < 4.78 is 25.3. The molecule has 3 atom stereocenters. The van der Waals surface area contributed by atoms with Crippen LogP contribution >= 0.6 is 0 Å². The van der Waals surface area contributed by atoms with Gasteiger partial charge in [0.1, 0.15) is 0 Å². The van der Waals surface area contributed by atoms with Crippen LogP contribution in [0.25, 0.3) is 0 Å². The van der Waals surface area contributed by atoms with E-state index in [1.165, 1.54) is 0 Å². The van der Waals surface area contributed by atoms with Gasteiger partial charge in [0.25, 0.3) is 0 Å². The second-order valence-corrected chi connectivity index (χ2v) is 4.85. The summed E-state index contributed by atoms with van der Waals surface area (Å²) in [5.41, 5.74) is 0. The van der Waals surface area contributed by atoms with Crippen molar-refractivity contribution in [2.75, 3.05) is 60.5 Å². The molecule has 7 heteroatoms. The maximum atomic E-state index is 8.72. The fraction of sp³-hybridized carbons (Fsp3) is 1.00. The standard InChI is InChI=1S/C10H22O4.C5H12O3/c1-8(5-11)13-7-10(3)14-6-9(2)12-4;1-7-4-5-8-3-2-6/h8-11H,5-7H2,1-4H3;6H,2-5H2,1H3. The molecule has 0 rings (SSSR count). The molecular weight excluding hydrogens is 292 g/mol. The Bertz CT molecular complexity index is 184. The van der Waals surface area contributed by atoms with Crippen molar-refractivity contribution >= 4 is 0 Å². The molecule has 3 unspecified atom stereocenters. The van der Waals surface area contributed by atoms with E-state index < -0.39 is 0 Å². The average molecular weight is 326 g/mol. The second-order valence-electron chi connectivity index (χ2n) is 4.85. The van der Waals surface area contributed by atoms with Gasteiger partial charge in [0, 0.05) is 14.2 Å². The van der Waals surface area contributed by atoms with E-state index in [-0.39, 0.29) is 31.5 Å². The molecule has 0 heterocycles. The van der Waals surface area contributed by atoms with Crippen molar-refractivity contribution in [2.24, 2.45) is 0 Å². The lowest BCUT2D eigenvalue weighted by atomic mass is 10.4. The molecule has 0 aliphatic heterocycles. The Labute approximate surface area is 134 Å². The molecule has 0 aromatic rings. The van der Waals surface area contributed by atoms with Gasteiger partial charge < -0.3 is 33.9 Å². The molecule has 0 bridgehead atoms. The van der Waals surface area contributed by atoms with E-state index >= 15 is 0 Å². The number of aliphatic hydroxyl groups is 2. The molecule has 0 aromatic carbocycles. The molecule has 0 amide bonds. The Hall–Kier alpha value is -0.280. The van der Waals surface area contributed by atoms with Crippen LogP contribution in [-0.2, 0) is 23.7 Å². The summed E-state index contributed by atoms with van der Waals surface area (Å²) >= 11 is 0. The van der Waals surface area contributed by atoms with Crippen LogP contribution in [0.1, 0.15) is 20.8 Å². The molecule has 0 aromatic heterocycles. The molecular formula is C15H34O7. The highest BCUT2D eigenvalue weighted by Gasteiger charge is 2.07. The molecule has 0 aliphatic rings. The van der Waals surface area contributed by atoms with Crippen LogP contribution in [0, 0.1) is 0 Å². The maximum absolute atomic E-state index is 8.72. The van der Waals surface area contributed by atoms with Crippen molar-refractivity contribution in [1.82, 2.24) is 0 Å². The van der Waals surface area contributed by atoms with Gasteiger partial charge in [-0.05, 0) is 20.8 Å². The van der Waals surface area contributed by atoms with E-state index in [1.807, 2.05) is 20.8 Å². The van der Waals surface area contributed by atoms with E-state index in [0.717, 1.165) is 0 Å². The summed E-state index contributed by atoms with van der Waals surface area (Å²) in [5, 5.41) is 16.9. The third-order valence-corrected chi connectivity index (χ3v) is 2.56. The summed E-state index contributed by atoms with van der Waals surface area (Å²) in [6.07, 6.45) is 0.00946. The average Bonchev–Trinajstić information content (AvgIpc) is 2.54. The second kappa shape index (κ2) is 18.8. The largest absolute Gasteiger partial charge is 0.394 e. The minimum atomic E-state index is -0.124. The Morgan fingerprint density at radius 2 is 1.36 bits per heavy atom. The first kappa shape index (κ1) is 24.0. The van der Waals surface area contributed by atoms with Crippen molar-refractivity contribution in [1.29, 1.82) is 0 Å². The van der Waals surface area contributed by atoms with Crippen LogP contribution in [0.4, 0.5) is 0 Å². The SMILES string of the molecule is COC(C)COC(C)COC(C)CO.COCCOCCO. The predicted octanol–water partition coefficient (Wildman–Crippen LogP) is 0.466. The third kappa shape index (κ3) is 19.7. The van der Waals surface area contributed by atoms with Gasteiger partial charge in [0.05, 0.1) is 64.6 Å². The summed E-state index contributed by atoms with van der Waals surface area (Å²) in [5.74, 6) is 0. The molecule has 7 nitrogen and oxygen atoms in total. The zero-order valence-electron chi connectivity index (χ0n) is 14.6. The number of methoxy groups -OCH3 is 2. The van der Waals surface area contributed by atoms with E-state index in [1.54, 1.807) is 14.2 Å². The van der Waals surface area contributed by atoms with Gasteiger partial charge in [-0.1, -0.05) is 0 Å². The fourth-order valence-corrected chi connectivity index (χ4v) is 1.08. The first-order valence-electron chi connectivity index (χ1n) is 7.56. The van der Waals surface area contributed by atoms with Crippen molar-refractivity contribution in [3.05, 3.63) is 0 Å². The zero-order valence-corrected chi connectivity index (χ0v) is 14.6. The molecule has 0 aliphatic carbocycles. The van der Waals surface area contributed by atoms with E-state index in [2.05, 4.69) is 4.74 Å². The maximum Gasteiger partial charge on any atom is 0.0781 e. The minimum absolute atomic E-state index is 0.0293. The lowest BCUT2D eigenvalue weighted by molar-refractivity contribution is -0.0677. The Morgan fingerprint density at radius 3 is 1.86 bits per heavy atom. The number of hydrogen-bond donors (Lipinski definition) is 2. The van der Waals surface area contributed by atoms with Crippen molar-refractivity contribution in [2.45, 2.75) is 39.1 Å². The van der Waals surface area contributed by atoms with Crippen molar-refractivity contribution in [3.8, 4) is 0 Å². The van der Waals surface area contributed by atoms with Gasteiger partial charge >= 0.3 is 0 Å². The first-order chi connectivity index (χ1) is 10.5. The summed E-state index contributed by atoms with van der Waals surface area (Å²) in [6, 6.07) is 0. The van der Waals surface area contributed by atoms with Gasteiger partial charge in [-0.2, -0.15) is 0 Å². The van der Waals surface area contributed by atoms with Gasteiger partial charge in [-0.3, -0.25) is 0 Å². The third-order valence-electron chi connectivity index (χ3n) is 2.56. The van der Waals surface area contributed by atoms with Crippen LogP contribution in [0.2, 0.25) is 0 Å². The Morgan fingerprint density at radius 1 is 0.773 bits per heavy atom. The van der Waals surface area contributed by atoms with Crippen molar-refractivity contribution < 1.29 is 33.9 Å².